The molecule has 1 aliphatic rings. The van der Waals surface area contributed by atoms with Crippen LogP contribution in [-0.4, -0.2) is 42.3 Å². The van der Waals surface area contributed by atoms with Crippen LogP contribution in [0.15, 0.2) is 72.9 Å². The molecule has 0 bridgehead atoms. The molecule has 196 valence electrons. The van der Waals surface area contributed by atoms with Crippen LogP contribution in [0.5, 0.6) is 5.75 Å². The van der Waals surface area contributed by atoms with Gasteiger partial charge in [-0.2, -0.15) is 4.98 Å². The van der Waals surface area contributed by atoms with E-state index in [2.05, 4.69) is 46.1 Å². The molecular formula is C30H31F2N5O. The van der Waals surface area contributed by atoms with Crippen molar-refractivity contribution in [1.29, 1.82) is 0 Å². The van der Waals surface area contributed by atoms with Crippen molar-refractivity contribution < 1.29 is 13.5 Å². The molecule has 1 N–H and O–H groups in total. The van der Waals surface area contributed by atoms with E-state index in [0.29, 0.717) is 17.3 Å². The van der Waals surface area contributed by atoms with E-state index in [1.165, 1.54) is 6.07 Å². The van der Waals surface area contributed by atoms with Crippen molar-refractivity contribution in [2.75, 3.05) is 41.9 Å². The average Bonchev–Trinajstić information content (AvgIpc) is 2.91. The molecule has 1 aliphatic heterocycles. The van der Waals surface area contributed by atoms with Crippen LogP contribution in [0.1, 0.15) is 19.4 Å². The Morgan fingerprint density at radius 2 is 1.63 bits per heavy atom. The Morgan fingerprint density at radius 3 is 2.34 bits per heavy atom. The number of nitrogens with zero attached hydrogens (tertiary/aromatic N) is 4. The third-order valence-electron chi connectivity index (χ3n) is 6.97. The molecule has 0 amide bonds. The summed E-state index contributed by atoms with van der Waals surface area (Å²) in [6.45, 7) is 8.80. The number of piperazine rings is 1. The summed E-state index contributed by atoms with van der Waals surface area (Å²) >= 11 is 0. The molecule has 1 fully saturated rings. The molecule has 3 aromatic carbocycles. The Balaban J connectivity index is 1.33. The van der Waals surface area contributed by atoms with Gasteiger partial charge in [0.2, 0.25) is 5.95 Å². The SMILES string of the molecule is COc1ccc(N2CCN(c3nccc(Nc4cc(-c5ccc(F)c(F)c5)ccc4C)n3)CC2(C)C)cc1. The van der Waals surface area contributed by atoms with Gasteiger partial charge in [0, 0.05) is 37.2 Å². The summed E-state index contributed by atoms with van der Waals surface area (Å²) in [4.78, 5) is 14.0. The van der Waals surface area contributed by atoms with Gasteiger partial charge in [-0.3, -0.25) is 0 Å². The number of methoxy groups -OCH3 is 1. The van der Waals surface area contributed by atoms with Gasteiger partial charge in [0.1, 0.15) is 11.6 Å². The number of hydrogen-bond acceptors (Lipinski definition) is 6. The van der Waals surface area contributed by atoms with Gasteiger partial charge in [-0.1, -0.05) is 18.2 Å². The number of aryl methyl sites for hydroxylation is 1. The van der Waals surface area contributed by atoms with Crippen molar-refractivity contribution in [3.63, 3.8) is 0 Å². The van der Waals surface area contributed by atoms with Crippen LogP contribution < -0.4 is 19.9 Å². The van der Waals surface area contributed by atoms with Crippen LogP contribution in [0.2, 0.25) is 0 Å². The third-order valence-corrected chi connectivity index (χ3v) is 6.97. The van der Waals surface area contributed by atoms with E-state index in [1.54, 1.807) is 19.4 Å². The zero-order valence-corrected chi connectivity index (χ0v) is 22.0. The van der Waals surface area contributed by atoms with Crippen LogP contribution in [0.4, 0.5) is 31.9 Å². The Kier molecular flexibility index (Phi) is 6.89. The zero-order valence-electron chi connectivity index (χ0n) is 22.0. The lowest BCUT2D eigenvalue weighted by atomic mass is 9.98. The maximum atomic E-state index is 13.8. The molecular weight excluding hydrogens is 484 g/mol. The van der Waals surface area contributed by atoms with Crippen molar-refractivity contribution in [3.05, 3.63) is 90.1 Å². The average molecular weight is 516 g/mol. The predicted octanol–water partition coefficient (Wildman–Crippen LogP) is 6.59. The summed E-state index contributed by atoms with van der Waals surface area (Å²) in [6, 6.07) is 19.7. The summed E-state index contributed by atoms with van der Waals surface area (Å²) in [5.74, 6) is 0.435. The lowest BCUT2D eigenvalue weighted by Gasteiger charge is -2.48. The highest BCUT2D eigenvalue weighted by molar-refractivity contribution is 5.72. The van der Waals surface area contributed by atoms with Gasteiger partial charge in [0.15, 0.2) is 11.6 Å². The second kappa shape index (κ2) is 10.3. The second-order valence-electron chi connectivity index (χ2n) is 10.1. The molecule has 1 saturated heterocycles. The van der Waals surface area contributed by atoms with Crippen LogP contribution in [0, 0.1) is 18.6 Å². The normalized spacial score (nSPS) is 14.9. The number of hydrogen-bond donors (Lipinski definition) is 1. The van der Waals surface area contributed by atoms with E-state index >= 15 is 0 Å². The number of anilines is 4. The first-order valence-corrected chi connectivity index (χ1v) is 12.6. The first-order valence-electron chi connectivity index (χ1n) is 12.6. The number of nitrogens with one attached hydrogen (secondary N) is 1. The summed E-state index contributed by atoms with van der Waals surface area (Å²) in [6.07, 6.45) is 1.75. The maximum absolute atomic E-state index is 13.8. The summed E-state index contributed by atoms with van der Waals surface area (Å²) in [5.41, 5.74) is 4.24. The van der Waals surface area contributed by atoms with Crippen LogP contribution in [0.25, 0.3) is 11.1 Å². The van der Waals surface area contributed by atoms with E-state index in [9.17, 15) is 8.78 Å². The molecule has 0 saturated carbocycles. The molecule has 0 atom stereocenters. The molecule has 0 radical (unpaired) electrons. The van der Waals surface area contributed by atoms with Crippen LogP contribution >= 0.6 is 0 Å². The monoisotopic (exact) mass is 515 g/mol. The van der Waals surface area contributed by atoms with Gasteiger partial charge < -0.3 is 19.9 Å². The number of rotatable bonds is 6. The quantitative estimate of drug-likeness (QED) is 0.313. The molecule has 4 aromatic rings. The fourth-order valence-corrected chi connectivity index (χ4v) is 4.89. The molecule has 38 heavy (non-hydrogen) atoms. The number of ether oxygens (including phenoxy) is 1. The highest BCUT2D eigenvalue weighted by atomic mass is 19.2. The van der Waals surface area contributed by atoms with Gasteiger partial charge in [-0.25, -0.2) is 13.8 Å². The number of benzene rings is 3. The minimum Gasteiger partial charge on any atom is -0.497 e. The zero-order chi connectivity index (χ0) is 26.9. The van der Waals surface area contributed by atoms with Crippen molar-refractivity contribution in [2.24, 2.45) is 0 Å². The minimum absolute atomic E-state index is 0.144. The Labute approximate surface area is 221 Å². The minimum atomic E-state index is -0.868. The lowest BCUT2D eigenvalue weighted by molar-refractivity contribution is 0.408. The Bertz CT molecular complexity index is 1440. The van der Waals surface area contributed by atoms with Gasteiger partial charge in [-0.05, 0) is 86.0 Å². The highest BCUT2D eigenvalue weighted by Gasteiger charge is 2.35. The third kappa shape index (κ3) is 5.25. The van der Waals surface area contributed by atoms with E-state index in [-0.39, 0.29) is 5.54 Å². The Morgan fingerprint density at radius 1 is 0.895 bits per heavy atom. The predicted molar refractivity (Wildman–Crippen MR) is 148 cm³/mol. The fraction of sp³-hybridized carbons (Fsp3) is 0.267. The van der Waals surface area contributed by atoms with Crippen molar-refractivity contribution in [2.45, 2.75) is 26.3 Å². The Hall–Kier alpha value is -4.20. The molecule has 0 unspecified atom stereocenters. The summed E-state index contributed by atoms with van der Waals surface area (Å²) in [7, 11) is 1.67. The maximum Gasteiger partial charge on any atom is 0.227 e. The van der Waals surface area contributed by atoms with Crippen molar-refractivity contribution >= 4 is 23.1 Å². The molecule has 2 heterocycles. The highest BCUT2D eigenvalue weighted by Crippen LogP contribution is 2.32. The summed E-state index contributed by atoms with van der Waals surface area (Å²) in [5, 5.41) is 3.39. The topological polar surface area (TPSA) is 53.5 Å². The van der Waals surface area contributed by atoms with E-state index in [0.717, 1.165) is 54.0 Å². The molecule has 0 aliphatic carbocycles. The van der Waals surface area contributed by atoms with Gasteiger partial charge in [0.25, 0.3) is 0 Å². The molecule has 0 spiro atoms. The smallest absolute Gasteiger partial charge is 0.227 e. The second-order valence-corrected chi connectivity index (χ2v) is 10.1. The van der Waals surface area contributed by atoms with E-state index in [4.69, 9.17) is 9.72 Å². The van der Waals surface area contributed by atoms with Gasteiger partial charge >= 0.3 is 0 Å². The van der Waals surface area contributed by atoms with Crippen molar-refractivity contribution in [3.8, 4) is 16.9 Å². The lowest BCUT2D eigenvalue weighted by Crippen LogP contribution is -2.60. The van der Waals surface area contributed by atoms with E-state index < -0.39 is 11.6 Å². The van der Waals surface area contributed by atoms with Crippen LogP contribution in [-0.2, 0) is 0 Å². The number of halogens is 2. The molecule has 8 heteroatoms. The first kappa shape index (κ1) is 25.4. The molecule has 6 nitrogen and oxygen atoms in total. The largest absolute Gasteiger partial charge is 0.497 e. The van der Waals surface area contributed by atoms with Gasteiger partial charge in [0.05, 0.1) is 12.6 Å². The fourth-order valence-electron chi connectivity index (χ4n) is 4.89. The van der Waals surface area contributed by atoms with Crippen LogP contribution in [0.3, 0.4) is 0 Å². The standard InChI is InChI=1S/C30H31F2N5O/c1-20-5-6-22(21-7-12-25(31)26(32)17-21)18-27(20)34-28-13-14-33-29(35-28)36-15-16-37(30(2,3)19-36)23-8-10-24(38-4)11-9-23/h5-14,17-18H,15-16,19H2,1-4H3,(H,33,34,35). The number of aromatic nitrogens is 2. The van der Waals surface area contributed by atoms with Gasteiger partial charge in [-0.15, -0.1) is 0 Å². The van der Waals surface area contributed by atoms with Crippen molar-refractivity contribution in [1.82, 2.24) is 9.97 Å². The molecule has 1 aromatic heterocycles. The summed E-state index contributed by atoms with van der Waals surface area (Å²) < 4.78 is 32.5. The van der Waals surface area contributed by atoms with E-state index in [1.807, 2.05) is 43.3 Å². The molecule has 5 rings (SSSR count). The first-order chi connectivity index (χ1) is 18.2.